The van der Waals surface area contributed by atoms with E-state index in [9.17, 15) is 4.39 Å². The molecule has 0 aliphatic heterocycles. The van der Waals surface area contributed by atoms with Gasteiger partial charge >= 0.3 is 0 Å². The number of aromatic nitrogens is 3. The Kier molecular flexibility index (Phi) is 4.79. The first-order valence-electron chi connectivity index (χ1n) is 5.78. The molecule has 4 nitrogen and oxygen atoms in total. The highest BCUT2D eigenvalue weighted by Gasteiger charge is 2.09. The van der Waals surface area contributed by atoms with E-state index < -0.39 is 5.82 Å². The summed E-state index contributed by atoms with van der Waals surface area (Å²) < 4.78 is 15.3. The molecule has 0 aliphatic carbocycles. The Balaban J connectivity index is 2.07. The third-order valence-electron chi connectivity index (χ3n) is 2.61. The molecule has 0 aliphatic rings. The van der Waals surface area contributed by atoms with Gasteiger partial charge in [-0.2, -0.15) is 0 Å². The van der Waals surface area contributed by atoms with Crippen LogP contribution in [0.25, 0.3) is 0 Å². The smallest absolute Gasteiger partial charge is 0.191 e. The second-order valence-corrected chi connectivity index (χ2v) is 5.36. The summed E-state index contributed by atoms with van der Waals surface area (Å²) in [5.41, 5.74) is 6.40. The van der Waals surface area contributed by atoms with Crippen LogP contribution >= 0.6 is 23.4 Å². The van der Waals surface area contributed by atoms with Gasteiger partial charge in [0.15, 0.2) is 5.16 Å². The van der Waals surface area contributed by atoms with Crippen molar-refractivity contribution < 1.29 is 4.39 Å². The van der Waals surface area contributed by atoms with E-state index in [4.69, 9.17) is 17.3 Å². The minimum absolute atomic E-state index is 0.135. The molecule has 2 N–H and O–H groups in total. The average molecular weight is 301 g/mol. The van der Waals surface area contributed by atoms with Crippen LogP contribution in [0.3, 0.4) is 0 Å². The predicted molar refractivity (Wildman–Crippen MR) is 74.8 cm³/mol. The molecule has 0 radical (unpaired) electrons. The van der Waals surface area contributed by atoms with E-state index in [0.29, 0.717) is 18.8 Å². The lowest BCUT2D eigenvalue weighted by atomic mass is 10.2. The molecule has 1 heterocycles. The van der Waals surface area contributed by atoms with Crippen LogP contribution in [0, 0.1) is 12.7 Å². The number of thioether (sulfide) groups is 1. The molecular formula is C12H14ClFN4S. The van der Waals surface area contributed by atoms with Crippen LogP contribution in [-0.4, -0.2) is 21.3 Å². The van der Waals surface area contributed by atoms with E-state index in [-0.39, 0.29) is 5.02 Å². The summed E-state index contributed by atoms with van der Waals surface area (Å²) in [5, 5.41) is 9.04. The van der Waals surface area contributed by atoms with Crippen molar-refractivity contribution in [2.75, 3.05) is 6.54 Å². The lowest BCUT2D eigenvalue weighted by Crippen LogP contribution is -2.12. The fourth-order valence-electron chi connectivity index (χ4n) is 1.63. The quantitative estimate of drug-likeness (QED) is 0.863. The van der Waals surface area contributed by atoms with E-state index in [2.05, 4.69) is 10.2 Å². The first-order chi connectivity index (χ1) is 9.11. The maximum absolute atomic E-state index is 13.3. The lowest BCUT2D eigenvalue weighted by molar-refractivity contribution is 0.625. The normalized spacial score (nSPS) is 10.9. The molecule has 0 unspecified atom stereocenters. The summed E-state index contributed by atoms with van der Waals surface area (Å²) in [6.45, 7) is 3.09. The Morgan fingerprint density at radius 2 is 2.21 bits per heavy atom. The zero-order valence-electron chi connectivity index (χ0n) is 10.4. The number of rotatable bonds is 5. The Morgan fingerprint density at radius 3 is 2.89 bits per heavy atom. The molecule has 7 heteroatoms. The topological polar surface area (TPSA) is 56.7 Å². The molecule has 0 bridgehead atoms. The van der Waals surface area contributed by atoms with Crippen LogP contribution < -0.4 is 5.73 Å². The van der Waals surface area contributed by atoms with Crippen molar-refractivity contribution in [1.82, 2.24) is 14.8 Å². The minimum Gasteiger partial charge on any atom is -0.329 e. The van der Waals surface area contributed by atoms with E-state index in [1.807, 2.05) is 11.5 Å². The van der Waals surface area contributed by atoms with Gasteiger partial charge in [-0.25, -0.2) is 4.39 Å². The van der Waals surface area contributed by atoms with Crippen LogP contribution in [0.1, 0.15) is 11.4 Å². The van der Waals surface area contributed by atoms with E-state index in [1.165, 1.54) is 17.8 Å². The fourth-order valence-corrected chi connectivity index (χ4v) is 2.70. The van der Waals surface area contributed by atoms with Crippen molar-refractivity contribution in [2.45, 2.75) is 24.4 Å². The number of halogens is 2. The standard InChI is InChI=1S/C12H14ClFN4S/c1-8-16-17-12(18(8)5-4-15)19-7-9-2-3-10(13)11(14)6-9/h2-3,6H,4-5,7,15H2,1H3. The summed E-state index contributed by atoms with van der Waals surface area (Å²) in [6, 6.07) is 4.80. The Morgan fingerprint density at radius 1 is 1.42 bits per heavy atom. The van der Waals surface area contributed by atoms with Gasteiger partial charge in [-0.1, -0.05) is 29.4 Å². The molecule has 0 saturated carbocycles. The molecule has 0 amide bonds. The largest absolute Gasteiger partial charge is 0.329 e. The van der Waals surface area contributed by atoms with Crippen LogP contribution in [0.2, 0.25) is 5.02 Å². The summed E-state index contributed by atoms with van der Waals surface area (Å²) in [6.07, 6.45) is 0. The maximum Gasteiger partial charge on any atom is 0.191 e. The predicted octanol–water partition coefficient (Wildman–Crippen LogP) is 2.63. The molecule has 1 aromatic heterocycles. The van der Waals surface area contributed by atoms with Gasteiger partial charge in [-0.15, -0.1) is 10.2 Å². The van der Waals surface area contributed by atoms with E-state index in [0.717, 1.165) is 16.5 Å². The monoisotopic (exact) mass is 300 g/mol. The highest BCUT2D eigenvalue weighted by atomic mass is 35.5. The van der Waals surface area contributed by atoms with E-state index >= 15 is 0 Å². The molecule has 102 valence electrons. The fraction of sp³-hybridized carbons (Fsp3) is 0.333. The van der Waals surface area contributed by atoms with Gasteiger partial charge in [-0.3, -0.25) is 0 Å². The maximum atomic E-state index is 13.3. The first kappa shape index (κ1) is 14.3. The van der Waals surface area contributed by atoms with Crippen molar-refractivity contribution in [1.29, 1.82) is 0 Å². The van der Waals surface area contributed by atoms with Gasteiger partial charge in [0, 0.05) is 18.8 Å². The molecule has 0 saturated heterocycles. The molecule has 19 heavy (non-hydrogen) atoms. The summed E-state index contributed by atoms with van der Waals surface area (Å²) >= 11 is 7.14. The summed E-state index contributed by atoms with van der Waals surface area (Å²) in [5.74, 6) is 1.03. The Hall–Kier alpha value is -1.11. The van der Waals surface area contributed by atoms with Crippen LogP contribution in [-0.2, 0) is 12.3 Å². The molecule has 1 aromatic carbocycles. The number of hydrogen-bond donors (Lipinski definition) is 1. The van der Waals surface area contributed by atoms with Crippen molar-refractivity contribution in [2.24, 2.45) is 5.73 Å². The van der Waals surface area contributed by atoms with Crippen molar-refractivity contribution in [3.63, 3.8) is 0 Å². The summed E-state index contributed by atoms with van der Waals surface area (Å²) in [4.78, 5) is 0. The van der Waals surface area contributed by atoms with Gasteiger partial charge < -0.3 is 10.3 Å². The van der Waals surface area contributed by atoms with Gasteiger partial charge in [-0.05, 0) is 24.6 Å². The average Bonchev–Trinajstić information content (AvgIpc) is 2.73. The van der Waals surface area contributed by atoms with Crippen molar-refractivity contribution in [3.8, 4) is 0 Å². The van der Waals surface area contributed by atoms with Gasteiger partial charge in [0.25, 0.3) is 0 Å². The Labute approximate surface area is 120 Å². The third kappa shape index (κ3) is 3.46. The molecular weight excluding hydrogens is 287 g/mol. The van der Waals surface area contributed by atoms with Crippen LogP contribution in [0.15, 0.2) is 23.4 Å². The minimum atomic E-state index is -0.403. The number of aryl methyl sites for hydroxylation is 1. The van der Waals surface area contributed by atoms with Gasteiger partial charge in [0.05, 0.1) is 5.02 Å². The molecule has 0 atom stereocenters. The lowest BCUT2D eigenvalue weighted by Gasteiger charge is -2.06. The highest BCUT2D eigenvalue weighted by Crippen LogP contribution is 2.24. The van der Waals surface area contributed by atoms with Crippen LogP contribution in [0.4, 0.5) is 4.39 Å². The van der Waals surface area contributed by atoms with E-state index in [1.54, 1.807) is 12.1 Å². The number of nitrogens with zero attached hydrogens (tertiary/aromatic N) is 3. The van der Waals surface area contributed by atoms with Crippen molar-refractivity contribution in [3.05, 3.63) is 40.4 Å². The SMILES string of the molecule is Cc1nnc(SCc2ccc(Cl)c(F)c2)n1CCN. The molecule has 2 rings (SSSR count). The molecule has 0 fully saturated rings. The molecule has 0 spiro atoms. The highest BCUT2D eigenvalue weighted by molar-refractivity contribution is 7.98. The number of nitrogens with two attached hydrogens (primary N) is 1. The number of hydrogen-bond acceptors (Lipinski definition) is 4. The molecule has 2 aromatic rings. The number of benzene rings is 1. The van der Waals surface area contributed by atoms with Gasteiger partial charge in [0.1, 0.15) is 11.6 Å². The zero-order valence-corrected chi connectivity index (χ0v) is 12.0. The Bertz CT molecular complexity index is 573. The third-order valence-corrected chi connectivity index (χ3v) is 3.95. The first-order valence-corrected chi connectivity index (χ1v) is 7.14. The summed E-state index contributed by atoms with van der Waals surface area (Å²) in [7, 11) is 0. The second-order valence-electron chi connectivity index (χ2n) is 4.01. The van der Waals surface area contributed by atoms with Gasteiger partial charge in [0.2, 0.25) is 0 Å². The second kappa shape index (κ2) is 6.36. The van der Waals surface area contributed by atoms with Crippen LogP contribution in [0.5, 0.6) is 0 Å². The zero-order chi connectivity index (χ0) is 13.8. The van der Waals surface area contributed by atoms with Crippen molar-refractivity contribution >= 4 is 23.4 Å².